The fourth-order valence-electron chi connectivity index (χ4n) is 5.12. The molecule has 0 aliphatic rings. The minimum absolute atomic E-state index is 0.494. The van der Waals surface area contributed by atoms with Crippen LogP contribution in [-0.2, 0) is 4.74 Å². The molecule has 0 saturated carbocycles. The summed E-state index contributed by atoms with van der Waals surface area (Å²) in [5.74, 6) is 0. The monoisotopic (exact) mass is 622 g/mol. The maximum atomic E-state index is 6.54. The summed E-state index contributed by atoms with van der Waals surface area (Å²) in [4.78, 5) is 0. The van der Waals surface area contributed by atoms with E-state index in [0.717, 1.165) is 0 Å². The van der Waals surface area contributed by atoms with E-state index in [0.29, 0.717) is 12.2 Å². The molecule has 0 aromatic heterocycles. The molecule has 0 fully saturated rings. The smallest absolute Gasteiger partial charge is 0.0576 e. The van der Waals surface area contributed by atoms with Gasteiger partial charge < -0.3 is 4.74 Å². The molecule has 0 aromatic carbocycles. The Morgan fingerprint density at radius 1 is 0.371 bits per heavy atom. The van der Waals surface area contributed by atoms with Crippen LogP contribution in [0.3, 0.4) is 0 Å². The first-order valence-corrected chi connectivity index (χ1v) is 18.3. The zero-order valence-electron chi connectivity index (χ0n) is 24.1. The molecule has 0 N–H and O–H groups in total. The van der Waals surface area contributed by atoms with Gasteiger partial charge in [0.1, 0.15) is 0 Å². The van der Waals surface area contributed by atoms with Crippen LogP contribution >= 0.6 is 31.9 Å². The Balaban J connectivity index is 3.55. The number of halogens is 2. The van der Waals surface area contributed by atoms with Gasteiger partial charge in [-0.1, -0.05) is 174 Å². The van der Waals surface area contributed by atoms with Crippen molar-refractivity contribution in [2.75, 3.05) is 10.7 Å². The third kappa shape index (κ3) is 27.8. The summed E-state index contributed by atoms with van der Waals surface area (Å²) in [6, 6.07) is 0. The van der Waals surface area contributed by atoms with Crippen molar-refractivity contribution in [1.82, 2.24) is 0 Å². The Morgan fingerprint density at radius 3 is 0.829 bits per heavy atom. The first kappa shape index (κ1) is 35.9. The van der Waals surface area contributed by atoms with E-state index in [1.54, 1.807) is 0 Å². The van der Waals surface area contributed by atoms with Gasteiger partial charge in [0.2, 0.25) is 0 Å². The van der Waals surface area contributed by atoms with Crippen molar-refractivity contribution in [2.24, 2.45) is 0 Å². The molecule has 0 aromatic rings. The predicted octanol–water partition coefficient (Wildman–Crippen LogP) is 12.7. The van der Waals surface area contributed by atoms with Crippen LogP contribution in [0, 0.1) is 0 Å². The summed E-state index contributed by atoms with van der Waals surface area (Å²) in [5.41, 5.74) is 0. The van der Waals surface area contributed by atoms with Crippen LogP contribution in [0.4, 0.5) is 0 Å². The van der Waals surface area contributed by atoms with Gasteiger partial charge in [-0.3, -0.25) is 0 Å². The van der Waals surface area contributed by atoms with Gasteiger partial charge in [0.05, 0.1) is 12.2 Å². The average molecular weight is 625 g/mol. The summed E-state index contributed by atoms with van der Waals surface area (Å²) in [6.07, 6.45) is 37.1. The number of ether oxygens (including phenoxy) is 1. The van der Waals surface area contributed by atoms with Crippen molar-refractivity contribution in [3.05, 3.63) is 0 Å². The van der Waals surface area contributed by atoms with E-state index >= 15 is 0 Å². The van der Waals surface area contributed by atoms with Crippen LogP contribution in [0.15, 0.2) is 0 Å². The fraction of sp³-hybridized carbons (Fsp3) is 1.00. The molecule has 0 amide bonds. The largest absolute Gasteiger partial charge is 0.375 e. The van der Waals surface area contributed by atoms with Gasteiger partial charge in [-0.15, -0.1) is 0 Å². The quantitative estimate of drug-likeness (QED) is 0.0571. The van der Waals surface area contributed by atoms with Gasteiger partial charge in [0, 0.05) is 10.7 Å². The maximum Gasteiger partial charge on any atom is 0.0576 e. The molecule has 0 aliphatic heterocycles. The molecule has 0 spiro atoms. The molecule has 0 bridgehead atoms. The van der Waals surface area contributed by atoms with Crippen LogP contribution in [0.5, 0.6) is 0 Å². The topological polar surface area (TPSA) is 9.23 Å². The number of hydrogen-bond acceptors (Lipinski definition) is 1. The van der Waals surface area contributed by atoms with Crippen molar-refractivity contribution in [2.45, 2.75) is 193 Å². The lowest BCUT2D eigenvalue weighted by Gasteiger charge is -2.23. The molecule has 2 unspecified atom stereocenters. The molecule has 1 nitrogen and oxygen atoms in total. The van der Waals surface area contributed by atoms with Crippen LogP contribution in [0.25, 0.3) is 0 Å². The first-order valence-electron chi connectivity index (χ1n) is 16.1. The Kier molecular flexibility index (Phi) is 32.0. The van der Waals surface area contributed by atoms with E-state index < -0.39 is 0 Å². The van der Waals surface area contributed by atoms with E-state index in [1.165, 1.54) is 178 Å². The van der Waals surface area contributed by atoms with Crippen molar-refractivity contribution in [3.8, 4) is 0 Å². The summed E-state index contributed by atoms with van der Waals surface area (Å²) in [6.45, 7) is 4.63. The van der Waals surface area contributed by atoms with Crippen molar-refractivity contribution >= 4 is 31.9 Å². The molecule has 2 atom stereocenters. The molecular weight excluding hydrogens is 560 g/mol. The fourth-order valence-corrected chi connectivity index (χ4v) is 5.92. The van der Waals surface area contributed by atoms with Gasteiger partial charge >= 0.3 is 0 Å². The summed E-state index contributed by atoms with van der Waals surface area (Å²) in [5, 5.41) is 2.35. The minimum Gasteiger partial charge on any atom is -0.375 e. The third-order valence-corrected chi connectivity index (χ3v) is 8.74. The number of alkyl halides is 2. The zero-order valence-corrected chi connectivity index (χ0v) is 27.3. The van der Waals surface area contributed by atoms with Crippen molar-refractivity contribution in [3.63, 3.8) is 0 Å². The normalized spacial score (nSPS) is 13.4. The van der Waals surface area contributed by atoms with E-state index in [9.17, 15) is 0 Å². The lowest BCUT2D eigenvalue weighted by atomic mass is 10.0. The number of unbranched alkanes of at least 4 members (excludes halogenated alkanes) is 20. The molecular formula is C32H64Br2O. The highest BCUT2D eigenvalue weighted by Crippen LogP contribution is 2.20. The minimum atomic E-state index is 0.494. The molecule has 212 valence electrons. The van der Waals surface area contributed by atoms with E-state index in [2.05, 4.69) is 45.7 Å². The molecule has 0 radical (unpaired) electrons. The van der Waals surface area contributed by atoms with E-state index in [4.69, 9.17) is 4.74 Å². The Labute approximate surface area is 239 Å². The highest BCUT2D eigenvalue weighted by Gasteiger charge is 2.13. The Morgan fingerprint density at radius 2 is 0.600 bits per heavy atom. The van der Waals surface area contributed by atoms with E-state index in [1.807, 2.05) is 0 Å². The van der Waals surface area contributed by atoms with Crippen molar-refractivity contribution < 1.29 is 4.74 Å². The second-order valence-electron chi connectivity index (χ2n) is 10.9. The highest BCUT2D eigenvalue weighted by molar-refractivity contribution is 9.09. The van der Waals surface area contributed by atoms with E-state index in [-0.39, 0.29) is 0 Å². The summed E-state index contributed by atoms with van der Waals surface area (Å²) in [7, 11) is 0. The molecule has 0 rings (SSSR count). The van der Waals surface area contributed by atoms with Crippen molar-refractivity contribution in [1.29, 1.82) is 0 Å². The molecule has 0 saturated heterocycles. The van der Waals surface area contributed by atoms with Crippen LogP contribution < -0.4 is 0 Å². The molecule has 0 aliphatic carbocycles. The SMILES string of the molecule is CCC(CCCCCCCCCCCCCBr)OC(CC)CCCCCCCCCCCCCBr. The number of rotatable bonds is 30. The van der Waals surface area contributed by atoms with Gasteiger partial charge in [-0.2, -0.15) is 0 Å². The first-order chi connectivity index (χ1) is 17.3. The summed E-state index contributed by atoms with van der Waals surface area (Å²) >= 11 is 7.04. The lowest BCUT2D eigenvalue weighted by Crippen LogP contribution is -2.21. The maximum absolute atomic E-state index is 6.54. The van der Waals surface area contributed by atoms with Crippen LogP contribution in [0.1, 0.15) is 181 Å². The second kappa shape index (κ2) is 31.1. The number of hydrogen-bond donors (Lipinski definition) is 0. The van der Waals surface area contributed by atoms with Gasteiger partial charge in [-0.25, -0.2) is 0 Å². The predicted molar refractivity (Wildman–Crippen MR) is 168 cm³/mol. The Hall–Kier alpha value is 0.920. The highest BCUT2D eigenvalue weighted by atomic mass is 79.9. The molecule has 3 heteroatoms. The third-order valence-electron chi connectivity index (χ3n) is 7.62. The summed E-state index contributed by atoms with van der Waals surface area (Å²) < 4.78 is 6.54. The van der Waals surface area contributed by atoms with Gasteiger partial charge in [0.25, 0.3) is 0 Å². The molecule has 35 heavy (non-hydrogen) atoms. The van der Waals surface area contributed by atoms with Crippen LogP contribution in [0.2, 0.25) is 0 Å². The van der Waals surface area contributed by atoms with Gasteiger partial charge in [0.15, 0.2) is 0 Å². The van der Waals surface area contributed by atoms with Gasteiger partial charge in [-0.05, 0) is 38.5 Å². The second-order valence-corrected chi connectivity index (χ2v) is 12.5. The standard InChI is InChI=1S/C32H64Br2O/c1-3-31(27-23-19-15-11-7-5-9-13-17-21-25-29-33)35-32(4-2)28-24-20-16-12-8-6-10-14-18-22-26-30-34/h31-32H,3-30H2,1-2H3. The van der Waals surface area contributed by atoms with Crippen LogP contribution in [-0.4, -0.2) is 22.9 Å². The lowest BCUT2D eigenvalue weighted by molar-refractivity contribution is -0.0257. The molecule has 0 heterocycles. The zero-order chi connectivity index (χ0) is 25.7. The Bertz CT molecular complexity index is 343. The average Bonchev–Trinajstić information content (AvgIpc) is 2.88.